The number of anilines is 1. The van der Waals surface area contributed by atoms with E-state index in [0.29, 0.717) is 43.4 Å². The molecule has 2 aliphatic rings. The van der Waals surface area contributed by atoms with Gasteiger partial charge in [-0.1, -0.05) is 57.2 Å². The van der Waals surface area contributed by atoms with Crippen molar-refractivity contribution in [2.75, 3.05) is 25.5 Å². The van der Waals surface area contributed by atoms with E-state index >= 15 is 0 Å². The van der Waals surface area contributed by atoms with E-state index in [1.165, 1.54) is 19.3 Å². The average Bonchev–Trinajstić information content (AvgIpc) is 3.45. The number of likely N-dealkylation sites (N-methyl/N-ethyl adjacent to an activating group) is 2. The molecule has 0 saturated heterocycles. The van der Waals surface area contributed by atoms with Crippen molar-refractivity contribution in [1.29, 1.82) is 0 Å². The number of thiazole rings is 1. The molecule has 2 aromatic rings. The number of unbranched alkanes of at least 4 members (excludes halogenated alkanes) is 2. The van der Waals surface area contributed by atoms with Crippen molar-refractivity contribution in [1.82, 2.24) is 10.3 Å². The van der Waals surface area contributed by atoms with Crippen LogP contribution >= 0.6 is 11.3 Å². The SMILES string of the molecule is CN[C@@H](C)C(=O)CC[C@H](C(=O)CCCCC[C@H](C)c1nc(C2=CC(=O)CN(C)c3ccccc32)cs1)C1CCCCC1. The molecule has 1 fully saturated rings. The number of ketones is 3. The van der Waals surface area contributed by atoms with Crippen molar-refractivity contribution in [2.24, 2.45) is 11.8 Å². The normalized spacial score (nSPS) is 18.1. The number of carbonyl (C=O) groups excluding carboxylic acids is 3. The van der Waals surface area contributed by atoms with E-state index in [2.05, 4.69) is 29.8 Å². The highest BCUT2D eigenvalue weighted by Gasteiger charge is 2.30. The Balaban J connectivity index is 1.27. The quantitative estimate of drug-likeness (QED) is 0.218. The maximum absolute atomic E-state index is 13.4. The number of para-hydroxylation sites is 1. The van der Waals surface area contributed by atoms with Crippen LogP contribution in [0, 0.1) is 11.8 Å². The zero-order valence-corrected chi connectivity index (χ0v) is 26.8. The molecule has 0 bridgehead atoms. The number of fused-ring (bicyclic) bond motifs is 1. The van der Waals surface area contributed by atoms with Gasteiger partial charge in [-0.3, -0.25) is 14.4 Å². The van der Waals surface area contributed by atoms with Gasteiger partial charge in [-0.15, -0.1) is 11.3 Å². The van der Waals surface area contributed by atoms with E-state index in [4.69, 9.17) is 4.98 Å². The van der Waals surface area contributed by atoms with E-state index in [1.54, 1.807) is 17.4 Å². The fourth-order valence-electron chi connectivity index (χ4n) is 6.59. The first kappa shape index (κ1) is 32.3. The molecular formula is C35H49N3O3S. The molecule has 1 aliphatic carbocycles. The Morgan fingerprint density at radius 3 is 2.55 bits per heavy atom. The number of nitrogens with zero attached hydrogens (tertiary/aromatic N) is 2. The summed E-state index contributed by atoms with van der Waals surface area (Å²) in [6, 6.07) is 8.00. The summed E-state index contributed by atoms with van der Waals surface area (Å²) in [5, 5.41) is 6.22. The Labute approximate surface area is 256 Å². The van der Waals surface area contributed by atoms with E-state index in [1.807, 2.05) is 38.1 Å². The topological polar surface area (TPSA) is 79.4 Å². The van der Waals surface area contributed by atoms with Crippen LogP contribution in [0.15, 0.2) is 35.7 Å². The molecule has 1 N–H and O–H groups in total. The minimum absolute atomic E-state index is 0.0426. The zero-order chi connectivity index (χ0) is 30.1. The Bertz CT molecular complexity index is 1250. The van der Waals surface area contributed by atoms with Gasteiger partial charge >= 0.3 is 0 Å². The van der Waals surface area contributed by atoms with Gasteiger partial charge in [0.1, 0.15) is 11.6 Å². The van der Waals surface area contributed by atoms with Crippen LogP contribution in [-0.4, -0.2) is 49.0 Å². The molecule has 7 heteroatoms. The van der Waals surface area contributed by atoms with Crippen molar-refractivity contribution < 1.29 is 14.4 Å². The molecule has 0 spiro atoms. The Kier molecular flexibility index (Phi) is 12.1. The van der Waals surface area contributed by atoms with Gasteiger partial charge < -0.3 is 10.2 Å². The van der Waals surface area contributed by atoms with Gasteiger partial charge in [0.25, 0.3) is 0 Å². The van der Waals surface area contributed by atoms with E-state index in [9.17, 15) is 14.4 Å². The lowest BCUT2D eigenvalue weighted by atomic mass is 9.75. The summed E-state index contributed by atoms with van der Waals surface area (Å²) in [4.78, 5) is 45.4. The summed E-state index contributed by atoms with van der Waals surface area (Å²) in [7, 11) is 3.77. The number of carbonyl (C=O) groups is 3. The molecule has 228 valence electrons. The van der Waals surface area contributed by atoms with Crippen LogP contribution < -0.4 is 10.2 Å². The second kappa shape index (κ2) is 15.7. The molecule has 4 rings (SSSR count). The molecule has 0 amide bonds. The van der Waals surface area contributed by atoms with Crippen LogP contribution in [0.3, 0.4) is 0 Å². The van der Waals surface area contributed by atoms with Gasteiger partial charge in [-0.05, 0) is 64.1 Å². The summed E-state index contributed by atoms with van der Waals surface area (Å²) in [6.45, 7) is 4.50. The highest BCUT2D eigenvalue weighted by molar-refractivity contribution is 7.09. The van der Waals surface area contributed by atoms with Crippen LogP contribution in [0.2, 0.25) is 0 Å². The number of Topliss-reactive ketones (excluding diaryl/α,β-unsaturated/α-hetero) is 2. The number of benzene rings is 1. The fraction of sp³-hybridized carbons (Fsp3) is 0.600. The maximum Gasteiger partial charge on any atom is 0.175 e. The average molecular weight is 592 g/mol. The highest BCUT2D eigenvalue weighted by atomic mass is 32.1. The minimum atomic E-state index is -0.146. The Hall–Kier alpha value is -2.64. The van der Waals surface area contributed by atoms with Crippen molar-refractivity contribution in [3.63, 3.8) is 0 Å². The summed E-state index contributed by atoms with van der Waals surface area (Å²) in [5.41, 5.74) is 3.88. The second-order valence-corrected chi connectivity index (χ2v) is 13.3. The van der Waals surface area contributed by atoms with Crippen LogP contribution in [0.25, 0.3) is 5.57 Å². The van der Waals surface area contributed by atoms with Crippen LogP contribution in [0.1, 0.15) is 113 Å². The first-order chi connectivity index (χ1) is 20.3. The van der Waals surface area contributed by atoms with Crippen LogP contribution in [0.5, 0.6) is 0 Å². The lowest BCUT2D eigenvalue weighted by Crippen LogP contribution is -2.32. The van der Waals surface area contributed by atoms with Crippen molar-refractivity contribution >= 4 is 39.9 Å². The molecule has 1 aliphatic heterocycles. The summed E-state index contributed by atoms with van der Waals surface area (Å²) in [6.07, 6.45) is 13.6. The monoisotopic (exact) mass is 591 g/mol. The van der Waals surface area contributed by atoms with Gasteiger partial charge in [-0.25, -0.2) is 4.98 Å². The third kappa shape index (κ3) is 8.47. The molecule has 0 unspecified atom stereocenters. The third-order valence-electron chi connectivity index (χ3n) is 9.33. The number of hydrogen-bond acceptors (Lipinski definition) is 7. The first-order valence-electron chi connectivity index (χ1n) is 16.0. The first-order valence-corrected chi connectivity index (χ1v) is 16.9. The Morgan fingerprint density at radius 2 is 1.79 bits per heavy atom. The predicted molar refractivity (Wildman–Crippen MR) is 173 cm³/mol. The van der Waals surface area contributed by atoms with Gasteiger partial charge in [0.15, 0.2) is 5.78 Å². The molecule has 2 heterocycles. The van der Waals surface area contributed by atoms with Gasteiger partial charge in [0.2, 0.25) is 0 Å². The van der Waals surface area contributed by atoms with Gasteiger partial charge in [0, 0.05) is 53.9 Å². The summed E-state index contributed by atoms with van der Waals surface area (Å²) in [5.74, 6) is 1.50. The number of nitrogens with one attached hydrogen (secondary N) is 1. The zero-order valence-electron chi connectivity index (χ0n) is 26.0. The molecule has 3 atom stereocenters. The highest BCUT2D eigenvalue weighted by Crippen LogP contribution is 2.36. The van der Waals surface area contributed by atoms with Crippen molar-refractivity contribution in [3.8, 4) is 0 Å². The molecular weight excluding hydrogens is 542 g/mol. The summed E-state index contributed by atoms with van der Waals surface area (Å²) >= 11 is 1.67. The van der Waals surface area contributed by atoms with Crippen molar-refractivity contribution in [2.45, 2.75) is 103 Å². The number of aromatic nitrogens is 1. The van der Waals surface area contributed by atoms with Crippen LogP contribution in [0.4, 0.5) is 5.69 Å². The van der Waals surface area contributed by atoms with Crippen molar-refractivity contribution in [3.05, 3.63) is 52.0 Å². The molecule has 6 nitrogen and oxygen atoms in total. The molecule has 42 heavy (non-hydrogen) atoms. The maximum atomic E-state index is 13.4. The standard InChI is InChI=1S/C35H49N3O3S/c1-24(35-37-31(23-42-35)30-21-27(39)22-38(4)32-17-12-11-16-29(30)32)13-7-5-10-18-34(41)28(26-14-8-6-9-15-26)19-20-33(40)25(2)36-3/h11-12,16-17,21,23-26,28,36H,5-10,13-15,18-20,22H2,1-4H3/t24-,25-,28-/m0/s1. The largest absolute Gasteiger partial charge is 0.366 e. The molecule has 1 aromatic carbocycles. The van der Waals surface area contributed by atoms with E-state index in [-0.39, 0.29) is 23.5 Å². The van der Waals surface area contributed by atoms with E-state index < -0.39 is 0 Å². The molecule has 1 saturated carbocycles. The van der Waals surface area contributed by atoms with Gasteiger partial charge in [-0.2, -0.15) is 0 Å². The predicted octanol–water partition coefficient (Wildman–Crippen LogP) is 7.37. The number of rotatable bonds is 15. The summed E-state index contributed by atoms with van der Waals surface area (Å²) < 4.78 is 0. The minimum Gasteiger partial charge on any atom is -0.366 e. The lowest BCUT2D eigenvalue weighted by molar-refractivity contribution is -0.126. The molecule has 1 aromatic heterocycles. The Morgan fingerprint density at radius 1 is 1.02 bits per heavy atom. The third-order valence-corrected chi connectivity index (χ3v) is 10.4. The smallest absolute Gasteiger partial charge is 0.175 e. The lowest BCUT2D eigenvalue weighted by Gasteiger charge is -2.29. The number of hydrogen-bond donors (Lipinski definition) is 1. The fourth-order valence-corrected chi connectivity index (χ4v) is 7.51. The van der Waals surface area contributed by atoms with E-state index in [0.717, 1.165) is 66.1 Å². The van der Waals surface area contributed by atoms with Gasteiger partial charge in [0.05, 0.1) is 23.3 Å². The second-order valence-electron chi connectivity index (χ2n) is 12.5. The molecule has 0 radical (unpaired) electrons. The van der Waals surface area contributed by atoms with Crippen LogP contribution in [-0.2, 0) is 14.4 Å².